The topological polar surface area (TPSA) is 77.5 Å². The molecule has 1 atom stereocenters. The predicted molar refractivity (Wildman–Crippen MR) is 109 cm³/mol. The number of hydrogen-bond acceptors (Lipinski definition) is 6. The van der Waals surface area contributed by atoms with Crippen LogP contribution >= 0.6 is 11.3 Å². The lowest BCUT2D eigenvalue weighted by atomic mass is 10.0. The van der Waals surface area contributed by atoms with Gasteiger partial charge in [0.2, 0.25) is 0 Å². The summed E-state index contributed by atoms with van der Waals surface area (Å²) in [6, 6.07) is 17.1. The van der Waals surface area contributed by atoms with Gasteiger partial charge in [-0.25, -0.2) is 9.78 Å². The average Bonchev–Trinajstić information content (AvgIpc) is 3.20. The third-order valence-corrected chi connectivity index (χ3v) is 4.89. The molecule has 0 saturated heterocycles. The largest absolute Gasteiger partial charge is 0.497 e. The smallest absolute Gasteiger partial charge is 0.397 e. The van der Waals surface area contributed by atoms with E-state index in [-0.39, 0.29) is 12.5 Å². The highest BCUT2D eigenvalue weighted by atomic mass is 32.1. The Bertz CT molecular complexity index is 939. The Kier molecular flexibility index (Phi) is 6.39. The molecule has 2 aromatic carbocycles. The highest BCUT2D eigenvalue weighted by Gasteiger charge is 2.19. The minimum absolute atomic E-state index is 0.000475. The van der Waals surface area contributed by atoms with Gasteiger partial charge in [-0.15, -0.1) is 11.3 Å². The third kappa shape index (κ3) is 4.95. The van der Waals surface area contributed by atoms with E-state index in [2.05, 4.69) is 10.3 Å². The molecule has 0 bridgehead atoms. The lowest BCUT2D eigenvalue weighted by Crippen LogP contribution is -2.26. The van der Waals surface area contributed by atoms with Crippen molar-refractivity contribution in [1.82, 2.24) is 4.98 Å². The van der Waals surface area contributed by atoms with Crippen molar-refractivity contribution in [3.05, 3.63) is 65.5 Å². The molecule has 3 aromatic rings. The monoisotopic (exact) mass is 396 g/mol. The number of thiazole rings is 1. The van der Waals surface area contributed by atoms with E-state index in [9.17, 15) is 9.59 Å². The van der Waals surface area contributed by atoms with Crippen molar-refractivity contribution in [2.45, 2.75) is 12.8 Å². The molecule has 1 unspecified atom stereocenters. The van der Waals surface area contributed by atoms with Crippen LogP contribution in [0.5, 0.6) is 5.75 Å². The minimum atomic E-state index is -0.927. The number of carbonyl (C=O) groups is 2. The molecule has 1 heterocycles. The van der Waals surface area contributed by atoms with Crippen LogP contribution in [0.2, 0.25) is 0 Å². The van der Waals surface area contributed by atoms with E-state index >= 15 is 0 Å². The number of methoxy groups -OCH3 is 1. The van der Waals surface area contributed by atoms with Gasteiger partial charge in [0.25, 0.3) is 0 Å². The summed E-state index contributed by atoms with van der Waals surface area (Å²) >= 11 is 1.24. The van der Waals surface area contributed by atoms with Crippen molar-refractivity contribution in [3.63, 3.8) is 0 Å². The van der Waals surface area contributed by atoms with Gasteiger partial charge in [-0.1, -0.05) is 37.3 Å². The highest BCUT2D eigenvalue weighted by molar-refractivity contribution is 7.14. The fourth-order valence-corrected chi connectivity index (χ4v) is 3.23. The molecule has 6 nitrogen and oxygen atoms in total. The summed E-state index contributed by atoms with van der Waals surface area (Å²) in [6.07, 6.45) is 0. The molecule has 3 rings (SSSR count). The van der Waals surface area contributed by atoms with Crippen molar-refractivity contribution in [1.29, 1.82) is 0 Å². The molecule has 1 amide bonds. The fraction of sp³-hybridized carbons (Fsp3) is 0.190. The van der Waals surface area contributed by atoms with Gasteiger partial charge >= 0.3 is 11.9 Å². The number of benzene rings is 2. The van der Waals surface area contributed by atoms with Gasteiger partial charge in [0.05, 0.1) is 19.4 Å². The molecule has 28 heavy (non-hydrogen) atoms. The van der Waals surface area contributed by atoms with Crippen LogP contribution in [0.1, 0.15) is 18.4 Å². The molecule has 1 aromatic heterocycles. The number of amides is 1. The minimum Gasteiger partial charge on any atom is -0.497 e. The highest BCUT2D eigenvalue weighted by Crippen LogP contribution is 2.26. The summed E-state index contributed by atoms with van der Waals surface area (Å²) in [5.41, 5.74) is 2.63. The van der Waals surface area contributed by atoms with Crippen LogP contribution in [0, 0.1) is 0 Å². The number of aromatic nitrogens is 1. The van der Waals surface area contributed by atoms with Crippen LogP contribution in [0.3, 0.4) is 0 Å². The quantitative estimate of drug-likeness (QED) is 0.501. The van der Waals surface area contributed by atoms with E-state index in [1.54, 1.807) is 12.5 Å². The summed E-state index contributed by atoms with van der Waals surface area (Å²) in [6.45, 7) is 2.06. The number of rotatable bonds is 6. The van der Waals surface area contributed by atoms with Crippen LogP contribution in [0.15, 0.2) is 60.0 Å². The zero-order valence-corrected chi connectivity index (χ0v) is 16.4. The number of anilines is 1. The Balaban J connectivity index is 1.54. The van der Waals surface area contributed by atoms with Crippen molar-refractivity contribution < 1.29 is 19.1 Å². The van der Waals surface area contributed by atoms with E-state index in [1.165, 1.54) is 11.3 Å². The average molecular weight is 396 g/mol. The van der Waals surface area contributed by atoms with Gasteiger partial charge in [-0.3, -0.25) is 10.1 Å². The second kappa shape index (κ2) is 9.14. The molecule has 144 valence electrons. The van der Waals surface area contributed by atoms with Gasteiger partial charge in [-0.2, -0.15) is 0 Å². The van der Waals surface area contributed by atoms with Crippen molar-refractivity contribution in [2.24, 2.45) is 0 Å². The van der Waals surface area contributed by atoms with E-state index in [1.807, 2.05) is 61.5 Å². The maximum Gasteiger partial charge on any atom is 0.397 e. The predicted octanol–water partition coefficient (Wildman–Crippen LogP) is 4.10. The van der Waals surface area contributed by atoms with Crippen LogP contribution in [0.4, 0.5) is 5.13 Å². The SMILES string of the molecule is COc1ccc(-c2csc(NC(=O)C(=O)OCC(C)c3ccccc3)n2)cc1. The molecule has 0 aliphatic carbocycles. The van der Waals surface area contributed by atoms with Gasteiger partial charge in [0.15, 0.2) is 5.13 Å². The first kappa shape index (κ1) is 19.6. The summed E-state index contributed by atoms with van der Waals surface area (Å²) in [4.78, 5) is 28.4. The second-order valence-corrected chi connectivity index (χ2v) is 6.99. The van der Waals surface area contributed by atoms with Gasteiger partial charge in [0, 0.05) is 16.9 Å². The first-order valence-corrected chi connectivity index (χ1v) is 9.58. The molecule has 0 aliphatic rings. The standard InChI is InChI=1S/C21H20N2O4S/c1-14(15-6-4-3-5-7-15)12-27-20(25)19(24)23-21-22-18(13-28-21)16-8-10-17(26-2)11-9-16/h3-11,13-14H,12H2,1-2H3,(H,22,23,24). The van der Waals surface area contributed by atoms with Crippen molar-refractivity contribution >= 4 is 28.3 Å². The number of ether oxygens (including phenoxy) is 2. The maximum absolute atomic E-state index is 12.1. The first-order chi connectivity index (χ1) is 13.6. The molecule has 0 aliphatic heterocycles. The van der Waals surface area contributed by atoms with E-state index in [0.717, 1.165) is 16.9 Å². The van der Waals surface area contributed by atoms with E-state index < -0.39 is 11.9 Å². The molecular formula is C21H20N2O4S. The Morgan fingerprint density at radius 3 is 2.50 bits per heavy atom. The molecule has 0 spiro atoms. The molecule has 7 heteroatoms. The number of nitrogens with zero attached hydrogens (tertiary/aromatic N) is 1. The Morgan fingerprint density at radius 1 is 1.11 bits per heavy atom. The molecule has 0 radical (unpaired) electrons. The lowest BCUT2D eigenvalue weighted by molar-refractivity contribution is -0.152. The summed E-state index contributed by atoms with van der Waals surface area (Å²) in [5.74, 6) is -1.01. The Hall–Kier alpha value is -3.19. The fourth-order valence-electron chi connectivity index (χ4n) is 2.52. The zero-order valence-electron chi connectivity index (χ0n) is 15.5. The van der Waals surface area contributed by atoms with Crippen LogP contribution < -0.4 is 10.1 Å². The summed E-state index contributed by atoms with van der Waals surface area (Å²) in [7, 11) is 1.60. The lowest BCUT2D eigenvalue weighted by Gasteiger charge is -2.11. The number of carbonyl (C=O) groups excluding carboxylic acids is 2. The zero-order chi connectivity index (χ0) is 19.9. The van der Waals surface area contributed by atoms with Crippen molar-refractivity contribution in [3.8, 4) is 17.0 Å². The summed E-state index contributed by atoms with van der Waals surface area (Å²) < 4.78 is 10.3. The first-order valence-electron chi connectivity index (χ1n) is 8.70. The van der Waals surface area contributed by atoms with E-state index in [0.29, 0.717) is 10.8 Å². The molecule has 1 N–H and O–H groups in total. The van der Waals surface area contributed by atoms with Gasteiger partial charge < -0.3 is 9.47 Å². The normalized spacial score (nSPS) is 11.5. The molecular weight excluding hydrogens is 376 g/mol. The second-order valence-electron chi connectivity index (χ2n) is 6.13. The van der Waals surface area contributed by atoms with Crippen LogP contribution in [0.25, 0.3) is 11.3 Å². The Labute approximate surface area is 167 Å². The third-order valence-electron chi connectivity index (χ3n) is 4.13. The van der Waals surface area contributed by atoms with Crippen LogP contribution in [-0.4, -0.2) is 30.6 Å². The van der Waals surface area contributed by atoms with Crippen molar-refractivity contribution in [2.75, 3.05) is 19.0 Å². The maximum atomic E-state index is 12.1. The number of hydrogen-bond donors (Lipinski definition) is 1. The van der Waals surface area contributed by atoms with Gasteiger partial charge in [0.1, 0.15) is 5.75 Å². The summed E-state index contributed by atoms with van der Waals surface area (Å²) in [5, 5.41) is 4.63. The molecule has 0 saturated carbocycles. The van der Waals surface area contributed by atoms with E-state index in [4.69, 9.17) is 9.47 Å². The van der Waals surface area contributed by atoms with Gasteiger partial charge in [-0.05, 0) is 29.8 Å². The number of esters is 1. The number of nitrogens with one attached hydrogen (secondary N) is 1. The molecule has 0 fully saturated rings. The Morgan fingerprint density at radius 2 is 1.82 bits per heavy atom. The van der Waals surface area contributed by atoms with Crippen LogP contribution in [-0.2, 0) is 14.3 Å².